The largest absolute Gasteiger partial charge is 0.469 e. The van der Waals surface area contributed by atoms with Gasteiger partial charge >= 0.3 is 5.97 Å². The number of hydrogen-bond donors (Lipinski definition) is 0. The first-order chi connectivity index (χ1) is 11.1. The van der Waals surface area contributed by atoms with Crippen LogP contribution in [0.4, 0.5) is 0 Å². The Balaban J connectivity index is 1.70. The van der Waals surface area contributed by atoms with Crippen LogP contribution in [-0.4, -0.2) is 42.5 Å². The highest BCUT2D eigenvalue weighted by Crippen LogP contribution is 2.22. The van der Waals surface area contributed by atoms with Gasteiger partial charge in [0.1, 0.15) is 0 Å². The molecule has 6 heteroatoms. The number of fused-ring (bicyclic) bond motifs is 1. The van der Waals surface area contributed by atoms with E-state index in [1.54, 1.807) is 23.3 Å². The molecule has 1 aromatic carbocycles. The van der Waals surface area contributed by atoms with Crippen LogP contribution in [0.15, 0.2) is 24.3 Å². The van der Waals surface area contributed by atoms with Gasteiger partial charge in [-0.15, -0.1) is 11.3 Å². The Kier molecular flexibility index (Phi) is 6.52. The van der Waals surface area contributed by atoms with E-state index >= 15 is 0 Å². The van der Waals surface area contributed by atoms with Gasteiger partial charge in [-0.05, 0) is 31.4 Å². The lowest BCUT2D eigenvalue weighted by molar-refractivity contribution is -0.141. The van der Waals surface area contributed by atoms with E-state index in [-0.39, 0.29) is 11.9 Å². The lowest BCUT2D eigenvalue weighted by Gasteiger charge is -2.16. The highest BCUT2D eigenvalue weighted by molar-refractivity contribution is 7.18. The number of hydrogen-bond acceptors (Lipinski definition) is 5. The number of esters is 1. The molecule has 0 bridgehead atoms. The van der Waals surface area contributed by atoms with Gasteiger partial charge in [-0.3, -0.25) is 9.59 Å². The maximum absolute atomic E-state index is 12.0. The van der Waals surface area contributed by atoms with Crippen LogP contribution in [0.25, 0.3) is 10.2 Å². The minimum atomic E-state index is -0.235. The fourth-order valence-corrected chi connectivity index (χ4v) is 3.30. The van der Waals surface area contributed by atoms with E-state index in [1.807, 2.05) is 18.2 Å². The molecule has 5 nitrogen and oxygen atoms in total. The van der Waals surface area contributed by atoms with Crippen LogP contribution in [0.2, 0.25) is 0 Å². The molecule has 0 spiro atoms. The number of methoxy groups -OCH3 is 1. The van der Waals surface area contributed by atoms with Gasteiger partial charge in [0.25, 0.3) is 0 Å². The van der Waals surface area contributed by atoms with E-state index in [4.69, 9.17) is 0 Å². The third kappa shape index (κ3) is 5.32. The fraction of sp³-hybridized carbons (Fsp3) is 0.471. The van der Waals surface area contributed by atoms with Gasteiger partial charge in [0, 0.05) is 26.4 Å². The first-order valence-corrected chi connectivity index (χ1v) is 8.57. The number of rotatable bonds is 8. The highest BCUT2D eigenvalue weighted by Gasteiger charge is 2.10. The van der Waals surface area contributed by atoms with Gasteiger partial charge in [0.05, 0.1) is 22.3 Å². The number of benzene rings is 1. The first-order valence-electron chi connectivity index (χ1n) is 7.75. The third-order valence-electron chi connectivity index (χ3n) is 3.65. The van der Waals surface area contributed by atoms with Crippen LogP contribution in [0.3, 0.4) is 0 Å². The van der Waals surface area contributed by atoms with E-state index in [1.165, 1.54) is 11.8 Å². The molecule has 0 saturated heterocycles. The Morgan fingerprint density at radius 2 is 2.00 bits per heavy atom. The molecular weight excluding hydrogens is 312 g/mol. The topological polar surface area (TPSA) is 59.5 Å². The number of amides is 1. The molecule has 1 aromatic heterocycles. The second kappa shape index (κ2) is 8.62. The van der Waals surface area contributed by atoms with E-state index in [0.29, 0.717) is 25.8 Å². The number of aromatic nitrogens is 1. The number of ether oxygens (including phenoxy) is 1. The van der Waals surface area contributed by atoms with Gasteiger partial charge in [0.2, 0.25) is 5.91 Å². The molecule has 0 radical (unpaired) electrons. The Labute approximate surface area is 140 Å². The smallest absolute Gasteiger partial charge is 0.305 e. The maximum Gasteiger partial charge on any atom is 0.305 e. The first kappa shape index (κ1) is 17.4. The summed E-state index contributed by atoms with van der Waals surface area (Å²) >= 11 is 1.69. The van der Waals surface area contributed by atoms with Gasteiger partial charge in [-0.25, -0.2) is 4.98 Å². The molecule has 0 fully saturated rings. The van der Waals surface area contributed by atoms with Crippen molar-refractivity contribution in [3.05, 3.63) is 29.3 Å². The van der Waals surface area contributed by atoms with Crippen LogP contribution in [-0.2, 0) is 20.7 Å². The number of aryl methyl sites for hydroxylation is 1. The number of para-hydroxylation sites is 1. The highest BCUT2D eigenvalue weighted by atomic mass is 32.1. The molecule has 23 heavy (non-hydrogen) atoms. The van der Waals surface area contributed by atoms with Crippen molar-refractivity contribution in [3.63, 3.8) is 0 Å². The van der Waals surface area contributed by atoms with Gasteiger partial charge in [-0.1, -0.05) is 12.1 Å². The zero-order chi connectivity index (χ0) is 16.7. The summed E-state index contributed by atoms with van der Waals surface area (Å²) in [5, 5.41) is 1.08. The van der Waals surface area contributed by atoms with Gasteiger partial charge < -0.3 is 9.64 Å². The normalized spacial score (nSPS) is 10.7. The van der Waals surface area contributed by atoms with Gasteiger partial charge in [-0.2, -0.15) is 0 Å². The molecule has 2 aromatic rings. The van der Waals surface area contributed by atoms with Crippen molar-refractivity contribution in [2.45, 2.75) is 32.1 Å². The lowest BCUT2D eigenvalue weighted by atomic mass is 10.2. The van der Waals surface area contributed by atoms with E-state index in [2.05, 4.69) is 15.8 Å². The third-order valence-corrected chi connectivity index (χ3v) is 4.74. The van der Waals surface area contributed by atoms with Crippen LogP contribution in [0, 0.1) is 0 Å². The molecule has 0 saturated carbocycles. The molecule has 0 aliphatic carbocycles. The molecule has 0 aliphatic heterocycles. The number of nitrogens with zero attached hydrogens (tertiary/aromatic N) is 2. The average molecular weight is 334 g/mol. The summed E-state index contributed by atoms with van der Waals surface area (Å²) in [6.45, 7) is 0.578. The van der Waals surface area contributed by atoms with Crippen molar-refractivity contribution in [2.24, 2.45) is 0 Å². The number of carbonyl (C=O) groups excluding carboxylic acids is 2. The minimum Gasteiger partial charge on any atom is -0.469 e. The summed E-state index contributed by atoms with van der Waals surface area (Å²) in [5.74, 6) is -0.127. The fourth-order valence-electron chi connectivity index (χ4n) is 2.30. The molecule has 0 aliphatic rings. The van der Waals surface area contributed by atoms with Crippen molar-refractivity contribution < 1.29 is 14.3 Å². The van der Waals surface area contributed by atoms with Crippen molar-refractivity contribution in [2.75, 3.05) is 20.7 Å². The molecule has 1 amide bonds. The Morgan fingerprint density at radius 3 is 2.74 bits per heavy atom. The zero-order valence-corrected chi connectivity index (χ0v) is 14.4. The standard InChI is InChI=1S/C17H22N2O3S/c1-19(12-6-11-17(21)22-2)16(20)10-5-9-15-18-13-7-3-4-8-14(13)23-15/h3-4,7-8H,5-6,9-12H2,1-2H3. The zero-order valence-electron chi connectivity index (χ0n) is 13.6. The SMILES string of the molecule is COC(=O)CCCN(C)C(=O)CCCc1nc2ccccc2s1. The van der Waals surface area contributed by atoms with Crippen molar-refractivity contribution in [1.29, 1.82) is 0 Å². The molecule has 2 rings (SSSR count). The van der Waals surface area contributed by atoms with Crippen molar-refractivity contribution in [1.82, 2.24) is 9.88 Å². The Bertz CT molecular complexity index is 636. The van der Waals surface area contributed by atoms with Crippen LogP contribution >= 0.6 is 11.3 Å². The monoisotopic (exact) mass is 334 g/mol. The maximum atomic E-state index is 12.0. The average Bonchev–Trinajstić information content (AvgIpc) is 2.97. The second-order valence-corrected chi connectivity index (χ2v) is 6.54. The molecule has 1 heterocycles. The second-order valence-electron chi connectivity index (χ2n) is 5.42. The molecule has 124 valence electrons. The quantitative estimate of drug-likeness (QED) is 0.696. The summed E-state index contributed by atoms with van der Waals surface area (Å²) in [5.41, 5.74) is 1.03. The van der Waals surface area contributed by atoms with Crippen LogP contribution in [0.1, 0.15) is 30.7 Å². The molecule has 0 N–H and O–H groups in total. The van der Waals surface area contributed by atoms with Crippen molar-refractivity contribution in [3.8, 4) is 0 Å². The summed E-state index contributed by atoms with van der Waals surface area (Å²) < 4.78 is 5.77. The molecule has 0 unspecified atom stereocenters. The van der Waals surface area contributed by atoms with Crippen molar-refractivity contribution >= 4 is 33.4 Å². The minimum absolute atomic E-state index is 0.107. The summed E-state index contributed by atoms with van der Waals surface area (Å²) in [6.07, 6.45) is 3.10. The Morgan fingerprint density at radius 1 is 1.22 bits per heavy atom. The molecular formula is C17H22N2O3S. The van der Waals surface area contributed by atoms with Crippen LogP contribution < -0.4 is 0 Å². The summed E-state index contributed by atoms with van der Waals surface area (Å²) in [4.78, 5) is 29.3. The Hall–Kier alpha value is -1.95. The predicted molar refractivity (Wildman–Crippen MR) is 91.4 cm³/mol. The summed E-state index contributed by atoms with van der Waals surface area (Å²) in [6, 6.07) is 8.07. The number of thiazole rings is 1. The summed E-state index contributed by atoms with van der Waals surface area (Å²) in [7, 11) is 3.15. The van der Waals surface area contributed by atoms with E-state index in [9.17, 15) is 9.59 Å². The predicted octanol–water partition coefficient (Wildman–Crippen LogP) is 3.03. The van der Waals surface area contributed by atoms with E-state index in [0.717, 1.165) is 23.4 Å². The molecule has 0 atom stereocenters. The number of carbonyl (C=O) groups is 2. The van der Waals surface area contributed by atoms with Crippen LogP contribution in [0.5, 0.6) is 0 Å². The van der Waals surface area contributed by atoms with Gasteiger partial charge in [0.15, 0.2) is 0 Å². The van der Waals surface area contributed by atoms with E-state index < -0.39 is 0 Å². The lowest BCUT2D eigenvalue weighted by Crippen LogP contribution is -2.28.